The van der Waals surface area contributed by atoms with Crippen molar-refractivity contribution in [2.24, 2.45) is 0 Å². The van der Waals surface area contributed by atoms with Gasteiger partial charge >= 0.3 is 5.97 Å². The van der Waals surface area contributed by atoms with Gasteiger partial charge in [-0.25, -0.2) is 0 Å². The molecule has 1 atom stereocenters. The average molecular weight is 504 g/mol. The zero-order chi connectivity index (χ0) is 25.6. The van der Waals surface area contributed by atoms with Crippen molar-refractivity contribution in [1.82, 2.24) is 5.32 Å². The molecule has 0 aromatic heterocycles. The molecule has 1 aliphatic carbocycles. The molecule has 0 spiro atoms. The first kappa shape index (κ1) is 24.9. The number of amides is 1. The Hall–Kier alpha value is -3.74. The fourth-order valence-corrected chi connectivity index (χ4v) is 5.27. The zero-order valence-corrected chi connectivity index (χ0v) is 20.9. The van der Waals surface area contributed by atoms with E-state index in [4.69, 9.17) is 14.2 Å². The van der Waals surface area contributed by atoms with Crippen LogP contribution in [0.2, 0.25) is 0 Å². The first-order valence-electron chi connectivity index (χ1n) is 13.1. The molecular formula is C30H33NO6. The van der Waals surface area contributed by atoms with Crippen molar-refractivity contribution in [1.29, 1.82) is 0 Å². The van der Waals surface area contributed by atoms with E-state index in [2.05, 4.69) is 5.32 Å². The molecule has 0 radical (unpaired) electrons. The number of aliphatic carboxylic acids is 1. The summed E-state index contributed by atoms with van der Waals surface area (Å²) in [5.74, 6) is 0.588. The summed E-state index contributed by atoms with van der Waals surface area (Å²) < 4.78 is 17.2. The van der Waals surface area contributed by atoms with Crippen LogP contribution in [-0.2, 0) is 9.59 Å². The normalized spacial score (nSPS) is 16.5. The van der Waals surface area contributed by atoms with Crippen molar-refractivity contribution in [2.45, 2.75) is 56.9 Å². The molecule has 5 rings (SSSR count). The molecule has 194 valence electrons. The minimum absolute atomic E-state index is 0.0272. The molecule has 3 aromatic rings. The second kappa shape index (κ2) is 11.5. The van der Waals surface area contributed by atoms with Gasteiger partial charge in [0.25, 0.3) is 5.91 Å². The zero-order valence-electron chi connectivity index (χ0n) is 20.9. The van der Waals surface area contributed by atoms with E-state index in [0.29, 0.717) is 30.5 Å². The maximum absolute atomic E-state index is 12.5. The van der Waals surface area contributed by atoms with Crippen LogP contribution in [0.4, 0.5) is 0 Å². The summed E-state index contributed by atoms with van der Waals surface area (Å²) in [7, 11) is 0. The number of fused-ring (bicyclic) bond motifs is 2. The smallest absolute Gasteiger partial charge is 0.304 e. The lowest BCUT2D eigenvalue weighted by atomic mass is 9.87. The average Bonchev–Trinajstić information content (AvgIpc) is 3.18. The second-order valence-electron chi connectivity index (χ2n) is 9.87. The Kier molecular flexibility index (Phi) is 7.78. The van der Waals surface area contributed by atoms with Crippen LogP contribution in [0.15, 0.2) is 54.6 Å². The number of carbonyl (C=O) groups is 2. The van der Waals surface area contributed by atoms with Gasteiger partial charge in [-0.15, -0.1) is 0 Å². The fraction of sp³-hybridized carbons (Fsp3) is 0.400. The largest absolute Gasteiger partial charge is 0.486 e. The van der Waals surface area contributed by atoms with Gasteiger partial charge in [0, 0.05) is 12.0 Å². The number of hydrogen-bond acceptors (Lipinski definition) is 5. The molecule has 3 aromatic carbocycles. The van der Waals surface area contributed by atoms with Crippen molar-refractivity contribution >= 4 is 22.6 Å². The SMILES string of the molecule is O=C(O)CC(c1ccc2c(c1)OCCO2)c1ccc2ccc(OCC(=O)NC3CCCCCC3)cc2c1. The highest BCUT2D eigenvalue weighted by Gasteiger charge is 2.22. The number of carboxylic acid groups (broad SMARTS) is 1. The van der Waals surface area contributed by atoms with Crippen LogP contribution < -0.4 is 19.5 Å². The van der Waals surface area contributed by atoms with Crippen molar-refractivity contribution in [3.63, 3.8) is 0 Å². The van der Waals surface area contributed by atoms with E-state index in [1.807, 2.05) is 54.6 Å². The number of ether oxygens (including phenoxy) is 3. The van der Waals surface area contributed by atoms with Crippen molar-refractivity contribution < 1.29 is 28.9 Å². The van der Waals surface area contributed by atoms with Gasteiger partial charge in [0.15, 0.2) is 18.1 Å². The molecule has 7 heteroatoms. The lowest BCUT2D eigenvalue weighted by molar-refractivity contribution is -0.137. The summed E-state index contributed by atoms with van der Waals surface area (Å²) in [6, 6.07) is 17.5. The number of benzene rings is 3. The molecule has 1 amide bonds. The summed E-state index contributed by atoms with van der Waals surface area (Å²) in [6.07, 6.45) is 6.81. The number of carbonyl (C=O) groups excluding carboxylic acids is 1. The Bertz CT molecular complexity index is 1260. The Balaban J connectivity index is 1.33. The van der Waals surface area contributed by atoms with Crippen molar-refractivity contribution in [2.75, 3.05) is 19.8 Å². The number of hydrogen-bond donors (Lipinski definition) is 2. The molecule has 1 unspecified atom stereocenters. The Morgan fingerprint density at radius 1 is 0.865 bits per heavy atom. The van der Waals surface area contributed by atoms with E-state index in [1.54, 1.807) is 0 Å². The number of carboxylic acids is 1. The maximum Gasteiger partial charge on any atom is 0.304 e. The lowest BCUT2D eigenvalue weighted by Gasteiger charge is -2.22. The van der Waals surface area contributed by atoms with E-state index in [-0.39, 0.29) is 30.9 Å². The first-order chi connectivity index (χ1) is 18.0. The second-order valence-corrected chi connectivity index (χ2v) is 9.87. The predicted molar refractivity (Wildman–Crippen MR) is 141 cm³/mol. The van der Waals surface area contributed by atoms with Crippen LogP contribution in [0.5, 0.6) is 17.2 Å². The topological polar surface area (TPSA) is 94.1 Å². The van der Waals surface area contributed by atoms with Crippen LogP contribution in [0, 0.1) is 0 Å². The van der Waals surface area contributed by atoms with Crippen LogP contribution in [-0.4, -0.2) is 42.8 Å². The van der Waals surface area contributed by atoms with E-state index in [1.165, 1.54) is 12.8 Å². The Labute approximate surface area is 216 Å². The summed E-state index contributed by atoms with van der Waals surface area (Å²) in [5.41, 5.74) is 1.74. The summed E-state index contributed by atoms with van der Waals surface area (Å²) in [4.78, 5) is 24.2. The van der Waals surface area contributed by atoms with Crippen LogP contribution in [0.25, 0.3) is 10.8 Å². The quantitative estimate of drug-likeness (QED) is 0.398. The minimum atomic E-state index is -0.878. The van der Waals surface area contributed by atoms with Gasteiger partial charge in [0.1, 0.15) is 19.0 Å². The van der Waals surface area contributed by atoms with Gasteiger partial charge < -0.3 is 24.6 Å². The molecule has 1 fully saturated rings. The van der Waals surface area contributed by atoms with E-state index < -0.39 is 5.97 Å². The summed E-state index contributed by atoms with van der Waals surface area (Å²) in [5, 5.41) is 14.7. The summed E-state index contributed by atoms with van der Waals surface area (Å²) >= 11 is 0. The van der Waals surface area contributed by atoms with E-state index >= 15 is 0 Å². The van der Waals surface area contributed by atoms with Gasteiger partial charge in [0.05, 0.1) is 6.42 Å². The van der Waals surface area contributed by atoms with Crippen LogP contribution >= 0.6 is 0 Å². The van der Waals surface area contributed by atoms with Crippen molar-refractivity contribution in [3.05, 3.63) is 65.7 Å². The molecule has 1 saturated carbocycles. The molecule has 37 heavy (non-hydrogen) atoms. The van der Waals surface area contributed by atoms with Gasteiger partial charge in [0.2, 0.25) is 0 Å². The lowest BCUT2D eigenvalue weighted by Crippen LogP contribution is -2.37. The summed E-state index contributed by atoms with van der Waals surface area (Å²) in [6.45, 7) is 0.945. The van der Waals surface area contributed by atoms with Crippen molar-refractivity contribution in [3.8, 4) is 17.2 Å². The maximum atomic E-state index is 12.5. The van der Waals surface area contributed by atoms with Gasteiger partial charge in [-0.2, -0.15) is 0 Å². The van der Waals surface area contributed by atoms with Gasteiger partial charge in [-0.05, 0) is 59.0 Å². The molecular weight excluding hydrogens is 470 g/mol. The molecule has 7 nitrogen and oxygen atoms in total. The van der Waals surface area contributed by atoms with Crippen LogP contribution in [0.3, 0.4) is 0 Å². The molecule has 2 aliphatic rings. The highest BCUT2D eigenvalue weighted by Crippen LogP contribution is 2.37. The predicted octanol–water partition coefficient (Wildman–Crippen LogP) is 5.44. The highest BCUT2D eigenvalue weighted by atomic mass is 16.6. The third-order valence-electron chi connectivity index (χ3n) is 7.18. The molecule has 1 heterocycles. The standard InChI is InChI=1S/C30H33NO6/c32-29(31-24-5-3-1-2-4-6-24)19-37-25-11-9-20-7-8-21(15-23(20)16-25)26(18-30(33)34)22-10-12-27-28(17-22)36-14-13-35-27/h7-12,15-17,24,26H,1-6,13-14,18-19H2,(H,31,32)(H,33,34). The van der Waals surface area contributed by atoms with Crippen LogP contribution in [0.1, 0.15) is 62.0 Å². The minimum Gasteiger partial charge on any atom is -0.486 e. The third-order valence-corrected chi connectivity index (χ3v) is 7.18. The van der Waals surface area contributed by atoms with E-state index in [0.717, 1.165) is 47.6 Å². The fourth-order valence-electron chi connectivity index (χ4n) is 5.27. The Morgan fingerprint density at radius 3 is 2.35 bits per heavy atom. The first-order valence-corrected chi connectivity index (χ1v) is 13.1. The highest BCUT2D eigenvalue weighted by molar-refractivity contribution is 5.85. The number of nitrogens with one attached hydrogen (secondary N) is 1. The molecule has 0 bridgehead atoms. The molecule has 2 N–H and O–H groups in total. The van der Waals surface area contributed by atoms with Gasteiger partial charge in [-0.3, -0.25) is 9.59 Å². The van der Waals surface area contributed by atoms with Gasteiger partial charge in [-0.1, -0.05) is 56.0 Å². The molecule has 0 saturated heterocycles. The monoisotopic (exact) mass is 503 g/mol. The number of rotatable bonds is 8. The third kappa shape index (κ3) is 6.34. The Morgan fingerprint density at radius 2 is 1.57 bits per heavy atom. The molecule has 1 aliphatic heterocycles. The van der Waals surface area contributed by atoms with E-state index in [9.17, 15) is 14.7 Å².